The van der Waals surface area contributed by atoms with Crippen molar-refractivity contribution in [1.82, 2.24) is 0 Å². The molecule has 88 valence electrons. The summed E-state index contributed by atoms with van der Waals surface area (Å²) in [6, 6.07) is 6.61. The van der Waals surface area contributed by atoms with Crippen molar-refractivity contribution in [2.24, 2.45) is 0 Å². The fraction of sp³-hybridized carbons (Fsp3) is 0.538. The summed E-state index contributed by atoms with van der Waals surface area (Å²) in [5.74, 6) is 0.953. The molecule has 1 aromatic rings. The fourth-order valence-corrected chi connectivity index (χ4v) is 2.10. The van der Waals surface area contributed by atoms with Gasteiger partial charge in [-0.3, -0.25) is 0 Å². The Bertz CT molecular complexity index is 365. The number of aliphatic hydroxyl groups excluding tert-OH is 1. The average Bonchev–Trinajstić information content (AvgIpc) is 2.33. The number of anilines is 1. The van der Waals surface area contributed by atoms with Gasteiger partial charge in [0.25, 0.3) is 0 Å². The molecule has 0 amide bonds. The van der Waals surface area contributed by atoms with Gasteiger partial charge in [0.2, 0.25) is 0 Å². The molecular weight excluding hydrogens is 202 g/mol. The van der Waals surface area contributed by atoms with Crippen LogP contribution in [0.4, 0.5) is 5.69 Å². The molecule has 1 aliphatic heterocycles. The van der Waals surface area contributed by atoms with Crippen molar-refractivity contribution in [3.05, 3.63) is 23.8 Å². The third kappa shape index (κ3) is 2.00. The number of nitrogens with zero attached hydrogens (tertiary/aromatic N) is 1. The van der Waals surface area contributed by atoms with Crippen molar-refractivity contribution < 1.29 is 9.84 Å². The molecule has 3 heteroatoms. The van der Waals surface area contributed by atoms with E-state index in [0.29, 0.717) is 6.61 Å². The summed E-state index contributed by atoms with van der Waals surface area (Å²) in [4.78, 5) is 2.22. The normalized spacial score (nSPS) is 19.2. The molecule has 2 rings (SSSR count). The number of hydrogen-bond acceptors (Lipinski definition) is 3. The van der Waals surface area contributed by atoms with Gasteiger partial charge in [-0.15, -0.1) is 0 Å². The second-order valence-corrected chi connectivity index (χ2v) is 4.24. The highest BCUT2D eigenvalue weighted by molar-refractivity contribution is 5.61. The van der Waals surface area contributed by atoms with Crippen LogP contribution >= 0.6 is 0 Å². The molecule has 1 aliphatic rings. The van der Waals surface area contributed by atoms with Gasteiger partial charge in [-0.1, -0.05) is 13.0 Å². The Labute approximate surface area is 96.6 Å². The monoisotopic (exact) mass is 221 g/mol. The average molecular weight is 221 g/mol. The molecule has 0 saturated heterocycles. The van der Waals surface area contributed by atoms with Gasteiger partial charge in [0.1, 0.15) is 12.4 Å². The first-order valence-electron chi connectivity index (χ1n) is 5.85. The molecule has 0 bridgehead atoms. The van der Waals surface area contributed by atoms with Crippen LogP contribution in [0.15, 0.2) is 18.2 Å². The van der Waals surface area contributed by atoms with Crippen molar-refractivity contribution in [2.75, 3.05) is 25.2 Å². The minimum absolute atomic E-state index is 0.209. The van der Waals surface area contributed by atoms with Crippen molar-refractivity contribution >= 4 is 5.69 Å². The molecule has 0 radical (unpaired) electrons. The van der Waals surface area contributed by atoms with E-state index >= 15 is 0 Å². The molecule has 1 N–H and O–H groups in total. The summed E-state index contributed by atoms with van der Waals surface area (Å²) in [6.07, 6.45) is 1.79. The van der Waals surface area contributed by atoms with E-state index in [-0.39, 0.29) is 12.6 Å². The maximum Gasteiger partial charge on any atom is 0.142 e. The van der Waals surface area contributed by atoms with Crippen LogP contribution in [0.2, 0.25) is 0 Å². The number of aliphatic hydroxyl groups is 1. The molecule has 0 saturated carbocycles. The van der Waals surface area contributed by atoms with E-state index in [0.717, 1.165) is 24.3 Å². The zero-order chi connectivity index (χ0) is 11.5. The van der Waals surface area contributed by atoms with Crippen LogP contribution in [0.25, 0.3) is 0 Å². The number of rotatable bonds is 3. The Kier molecular flexibility index (Phi) is 3.34. The molecule has 3 nitrogen and oxygen atoms in total. The number of ether oxygens (including phenoxy) is 1. The van der Waals surface area contributed by atoms with Crippen molar-refractivity contribution in [2.45, 2.75) is 25.8 Å². The molecule has 16 heavy (non-hydrogen) atoms. The smallest absolute Gasteiger partial charge is 0.142 e. The first-order chi connectivity index (χ1) is 7.76. The van der Waals surface area contributed by atoms with E-state index in [1.54, 1.807) is 0 Å². The predicted molar refractivity (Wildman–Crippen MR) is 65.2 cm³/mol. The molecule has 0 fully saturated rings. The lowest BCUT2D eigenvalue weighted by atomic mass is 10.1. The van der Waals surface area contributed by atoms with E-state index in [1.165, 1.54) is 5.56 Å². The number of aryl methyl sites for hydroxylation is 1. The zero-order valence-electron chi connectivity index (χ0n) is 9.94. The number of hydrogen-bond donors (Lipinski definition) is 1. The van der Waals surface area contributed by atoms with Gasteiger partial charge < -0.3 is 14.7 Å². The summed E-state index contributed by atoms with van der Waals surface area (Å²) in [7, 11) is 2.07. The van der Waals surface area contributed by atoms with Gasteiger partial charge >= 0.3 is 0 Å². The number of benzene rings is 1. The summed E-state index contributed by atoms with van der Waals surface area (Å²) in [6.45, 7) is 3.02. The molecule has 0 spiro atoms. The van der Waals surface area contributed by atoms with Crippen LogP contribution in [0.5, 0.6) is 5.75 Å². The van der Waals surface area contributed by atoms with E-state index in [4.69, 9.17) is 9.84 Å². The van der Waals surface area contributed by atoms with Gasteiger partial charge in [0.15, 0.2) is 0 Å². The third-order valence-electron chi connectivity index (χ3n) is 3.25. The van der Waals surface area contributed by atoms with E-state index in [2.05, 4.69) is 31.0 Å². The highest BCUT2D eigenvalue weighted by Gasteiger charge is 2.24. The van der Waals surface area contributed by atoms with Gasteiger partial charge in [-0.25, -0.2) is 0 Å². The van der Waals surface area contributed by atoms with Crippen LogP contribution in [0, 0.1) is 0 Å². The molecule has 1 aromatic carbocycles. The Balaban J connectivity index is 2.27. The van der Waals surface area contributed by atoms with Gasteiger partial charge in [0.05, 0.1) is 11.7 Å². The fourth-order valence-electron chi connectivity index (χ4n) is 2.10. The maximum absolute atomic E-state index is 9.00. The predicted octanol–water partition coefficient (Wildman–Crippen LogP) is 1.83. The molecular formula is C13H19NO2. The van der Waals surface area contributed by atoms with Crippen LogP contribution in [0.3, 0.4) is 0 Å². The van der Waals surface area contributed by atoms with Crippen molar-refractivity contribution in [3.63, 3.8) is 0 Å². The summed E-state index contributed by atoms with van der Waals surface area (Å²) in [5.41, 5.74) is 2.46. The molecule has 0 aromatic heterocycles. The molecule has 1 unspecified atom stereocenters. The van der Waals surface area contributed by atoms with E-state index in [9.17, 15) is 0 Å². The largest absolute Gasteiger partial charge is 0.489 e. The third-order valence-corrected chi connectivity index (χ3v) is 3.25. The lowest BCUT2D eigenvalue weighted by molar-refractivity contribution is 0.219. The maximum atomic E-state index is 9.00. The van der Waals surface area contributed by atoms with Gasteiger partial charge in [-0.05, 0) is 30.5 Å². The van der Waals surface area contributed by atoms with Crippen molar-refractivity contribution in [3.8, 4) is 5.75 Å². The van der Waals surface area contributed by atoms with Gasteiger partial charge in [-0.2, -0.15) is 0 Å². The van der Waals surface area contributed by atoms with Crippen LogP contribution in [-0.4, -0.2) is 31.4 Å². The second kappa shape index (κ2) is 4.74. The zero-order valence-corrected chi connectivity index (χ0v) is 9.94. The van der Waals surface area contributed by atoms with Crippen LogP contribution in [-0.2, 0) is 6.42 Å². The Morgan fingerprint density at radius 1 is 1.50 bits per heavy atom. The first kappa shape index (κ1) is 11.3. The summed E-state index contributed by atoms with van der Waals surface area (Å²) >= 11 is 0. The standard InChI is InChI=1S/C13H19NO2/c1-3-10-4-5-13-12(8-10)14(2)11(6-7-15)9-16-13/h4-5,8,11,15H,3,6-7,9H2,1-2H3. The molecule has 0 aliphatic carbocycles. The molecule has 1 heterocycles. The number of fused-ring (bicyclic) bond motifs is 1. The minimum atomic E-state index is 0.209. The van der Waals surface area contributed by atoms with Crippen LogP contribution in [0.1, 0.15) is 18.9 Å². The lowest BCUT2D eigenvalue weighted by Crippen LogP contribution is -2.41. The van der Waals surface area contributed by atoms with Crippen LogP contribution < -0.4 is 9.64 Å². The SMILES string of the molecule is CCc1ccc2c(c1)N(C)C(CCO)CO2. The second-order valence-electron chi connectivity index (χ2n) is 4.24. The summed E-state index contributed by atoms with van der Waals surface area (Å²) in [5, 5.41) is 9.00. The molecule has 1 atom stereocenters. The topological polar surface area (TPSA) is 32.7 Å². The van der Waals surface area contributed by atoms with E-state index < -0.39 is 0 Å². The lowest BCUT2D eigenvalue weighted by Gasteiger charge is -2.35. The van der Waals surface area contributed by atoms with Crippen molar-refractivity contribution in [1.29, 1.82) is 0 Å². The first-order valence-corrected chi connectivity index (χ1v) is 5.85. The van der Waals surface area contributed by atoms with E-state index in [1.807, 2.05) is 6.07 Å². The Morgan fingerprint density at radius 2 is 2.31 bits per heavy atom. The Hall–Kier alpha value is -1.22. The number of likely N-dealkylation sites (N-methyl/N-ethyl adjacent to an activating group) is 1. The Morgan fingerprint density at radius 3 is 3.00 bits per heavy atom. The van der Waals surface area contributed by atoms with Gasteiger partial charge in [0, 0.05) is 13.7 Å². The highest BCUT2D eigenvalue weighted by Crippen LogP contribution is 2.34. The quantitative estimate of drug-likeness (QED) is 0.845. The summed E-state index contributed by atoms with van der Waals surface area (Å²) < 4.78 is 5.71. The minimum Gasteiger partial charge on any atom is -0.489 e. The highest BCUT2D eigenvalue weighted by atomic mass is 16.5.